The maximum absolute atomic E-state index is 12.6. The molecule has 2 heterocycles. The fourth-order valence-corrected chi connectivity index (χ4v) is 4.26. The number of benzene rings is 1. The number of nitrogens with zero attached hydrogens (tertiary/aromatic N) is 3. The Morgan fingerprint density at radius 3 is 2.43 bits per heavy atom. The molecule has 0 aliphatic carbocycles. The molecule has 3 rings (SSSR count). The highest BCUT2D eigenvalue weighted by Gasteiger charge is 2.40. The van der Waals surface area contributed by atoms with Crippen LogP contribution in [0.4, 0.5) is 13.2 Å². The third-order valence-corrected chi connectivity index (χ3v) is 6.05. The zero-order chi connectivity index (χ0) is 20.7. The highest BCUT2D eigenvalue weighted by molar-refractivity contribution is 7.89. The van der Waals surface area contributed by atoms with Crippen molar-refractivity contribution in [2.75, 3.05) is 13.1 Å². The Morgan fingerprint density at radius 1 is 1.25 bits per heavy atom. The molecule has 1 amide bonds. The first kappa shape index (κ1) is 20.3. The minimum Gasteiger partial charge on any atom is -0.390 e. The van der Waals surface area contributed by atoms with Gasteiger partial charge in [-0.2, -0.15) is 17.5 Å². The van der Waals surface area contributed by atoms with E-state index < -0.39 is 39.8 Å². The van der Waals surface area contributed by atoms with Crippen molar-refractivity contribution in [2.24, 2.45) is 7.05 Å². The monoisotopic (exact) mass is 418 g/mol. The molecule has 0 radical (unpaired) electrons. The second-order valence-corrected chi connectivity index (χ2v) is 8.31. The number of halogens is 3. The quantitative estimate of drug-likeness (QED) is 0.757. The van der Waals surface area contributed by atoms with Crippen LogP contribution in [-0.2, 0) is 23.2 Å². The van der Waals surface area contributed by atoms with E-state index in [2.05, 4.69) is 10.3 Å². The van der Waals surface area contributed by atoms with Gasteiger partial charge in [0.1, 0.15) is 0 Å². The fourth-order valence-electron chi connectivity index (χ4n) is 2.81. The number of hydrogen-bond donors (Lipinski definition) is 2. The number of β-amino-alcohol motifs (C(OH)–C–C–N with tert-alkyl or cyclic N) is 1. The van der Waals surface area contributed by atoms with Crippen LogP contribution >= 0.6 is 0 Å². The van der Waals surface area contributed by atoms with Crippen molar-refractivity contribution >= 4 is 15.9 Å². The molecule has 0 spiro atoms. The average Bonchev–Trinajstić information content (AvgIpc) is 3.21. The predicted molar refractivity (Wildman–Crippen MR) is 90.7 cm³/mol. The summed E-state index contributed by atoms with van der Waals surface area (Å²) in [5, 5.41) is 12.4. The normalized spacial score (nSPS) is 21.0. The molecule has 28 heavy (non-hydrogen) atoms. The Labute approximate surface area is 158 Å². The number of carbonyl (C=O) groups is 1. The summed E-state index contributed by atoms with van der Waals surface area (Å²) in [5.41, 5.74) is -0.927. The van der Waals surface area contributed by atoms with Crippen molar-refractivity contribution in [3.63, 3.8) is 0 Å². The van der Waals surface area contributed by atoms with Gasteiger partial charge in [0, 0.05) is 31.9 Å². The lowest BCUT2D eigenvalue weighted by Crippen LogP contribution is -2.43. The van der Waals surface area contributed by atoms with Crippen molar-refractivity contribution in [1.29, 1.82) is 0 Å². The molecule has 1 aromatic carbocycles. The number of aliphatic hydroxyl groups is 1. The smallest absolute Gasteiger partial charge is 0.390 e. The van der Waals surface area contributed by atoms with Crippen molar-refractivity contribution < 1.29 is 31.5 Å². The lowest BCUT2D eigenvalue weighted by molar-refractivity contribution is -0.137. The molecule has 0 bridgehead atoms. The first-order chi connectivity index (χ1) is 13.0. The number of sulfonamides is 1. The number of hydrogen-bond acceptors (Lipinski definition) is 5. The third kappa shape index (κ3) is 4.03. The highest BCUT2D eigenvalue weighted by Crippen LogP contribution is 2.29. The van der Waals surface area contributed by atoms with Gasteiger partial charge in [0.05, 0.1) is 24.0 Å². The zero-order valence-electron chi connectivity index (χ0n) is 14.6. The fraction of sp³-hybridized carbons (Fsp3) is 0.375. The Balaban J connectivity index is 1.69. The lowest BCUT2D eigenvalue weighted by atomic mass is 10.1. The van der Waals surface area contributed by atoms with E-state index in [1.165, 1.54) is 17.1 Å². The summed E-state index contributed by atoms with van der Waals surface area (Å²) >= 11 is 0. The predicted octanol–water partition coefficient (Wildman–Crippen LogP) is 0.603. The molecule has 1 fully saturated rings. The van der Waals surface area contributed by atoms with Gasteiger partial charge >= 0.3 is 6.18 Å². The van der Waals surface area contributed by atoms with E-state index in [9.17, 15) is 31.5 Å². The number of carbonyl (C=O) groups excluding carboxylic acids is 1. The van der Waals surface area contributed by atoms with Crippen LogP contribution in [0.25, 0.3) is 0 Å². The number of rotatable bonds is 4. The van der Waals surface area contributed by atoms with E-state index in [0.29, 0.717) is 0 Å². The maximum Gasteiger partial charge on any atom is 0.416 e. The summed E-state index contributed by atoms with van der Waals surface area (Å²) in [4.78, 5) is 16.0. The summed E-state index contributed by atoms with van der Waals surface area (Å²) in [6, 6.07) is 2.67. The molecule has 1 aliphatic rings. The molecule has 12 heteroatoms. The Bertz CT molecular complexity index is 973. The molecule has 2 atom stereocenters. The van der Waals surface area contributed by atoms with Crippen molar-refractivity contribution in [3.8, 4) is 0 Å². The van der Waals surface area contributed by atoms with Crippen LogP contribution in [0, 0.1) is 0 Å². The van der Waals surface area contributed by atoms with Gasteiger partial charge < -0.3 is 15.0 Å². The SMILES string of the molecule is Cn1cnc(S(=O)(=O)N2C[C@H](NC(=O)c3ccc(C(F)(F)F)cc3)[C@@H](O)C2)c1. The van der Waals surface area contributed by atoms with Crippen LogP contribution in [0.3, 0.4) is 0 Å². The second-order valence-electron chi connectivity index (χ2n) is 6.42. The Morgan fingerprint density at radius 2 is 1.89 bits per heavy atom. The molecule has 8 nitrogen and oxygen atoms in total. The van der Waals surface area contributed by atoms with Crippen molar-refractivity contribution in [2.45, 2.75) is 23.3 Å². The molecular weight excluding hydrogens is 401 g/mol. The standard InChI is InChI=1S/C16H17F3N4O4S/c1-22-8-14(20-9-22)28(26,27)23-6-12(13(24)7-23)21-15(25)10-2-4-11(5-3-10)16(17,18)19/h2-5,8-9,12-13,24H,6-7H2,1H3,(H,21,25)/t12-,13-/m0/s1. The van der Waals surface area contributed by atoms with E-state index in [-0.39, 0.29) is 23.7 Å². The van der Waals surface area contributed by atoms with Crippen LogP contribution in [-0.4, -0.2) is 58.5 Å². The van der Waals surface area contributed by atoms with E-state index in [0.717, 1.165) is 28.6 Å². The lowest BCUT2D eigenvalue weighted by Gasteiger charge is -2.16. The minimum absolute atomic E-state index is 0.0359. The van der Waals surface area contributed by atoms with Crippen molar-refractivity contribution in [3.05, 3.63) is 47.9 Å². The van der Waals surface area contributed by atoms with Crippen LogP contribution in [0.15, 0.2) is 41.8 Å². The Kier molecular flexibility index (Phi) is 5.21. The molecule has 152 valence electrons. The van der Waals surface area contributed by atoms with Crippen LogP contribution in [0.5, 0.6) is 0 Å². The molecular formula is C16H17F3N4O4S. The largest absolute Gasteiger partial charge is 0.416 e. The third-order valence-electron chi connectivity index (χ3n) is 4.33. The molecule has 0 saturated carbocycles. The van der Waals surface area contributed by atoms with E-state index >= 15 is 0 Å². The Hall–Kier alpha value is -2.44. The number of aromatic nitrogens is 2. The number of aliphatic hydroxyl groups excluding tert-OH is 1. The van der Waals surface area contributed by atoms with Gasteiger partial charge in [0.25, 0.3) is 15.9 Å². The summed E-state index contributed by atoms with van der Waals surface area (Å²) in [5.74, 6) is -0.713. The number of alkyl halides is 3. The van der Waals surface area contributed by atoms with Gasteiger partial charge in [-0.15, -0.1) is 0 Å². The van der Waals surface area contributed by atoms with Gasteiger partial charge in [0.2, 0.25) is 0 Å². The van der Waals surface area contributed by atoms with Crippen LogP contribution < -0.4 is 5.32 Å². The van der Waals surface area contributed by atoms with Gasteiger partial charge in [-0.1, -0.05) is 0 Å². The first-order valence-corrected chi connectivity index (χ1v) is 9.57. The van der Waals surface area contributed by atoms with E-state index in [4.69, 9.17) is 0 Å². The molecule has 2 N–H and O–H groups in total. The average molecular weight is 418 g/mol. The minimum atomic E-state index is -4.52. The zero-order valence-corrected chi connectivity index (χ0v) is 15.4. The summed E-state index contributed by atoms with van der Waals surface area (Å²) in [6.45, 7) is -0.427. The molecule has 1 aromatic heterocycles. The van der Waals surface area contributed by atoms with Gasteiger partial charge in [0.15, 0.2) is 5.03 Å². The highest BCUT2D eigenvalue weighted by atomic mass is 32.2. The van der Waals surface area contributed by atoms with Gasteiger partial charge in [-0.05, 0) is 24.3 Å². The van der Waals surface area contributed by atoms with E-state index in [1.807, 2.05) is 0 Å². The molecule has 1 saturated heterocycles. The van der Waals surface area contributed by atoms with Crippen LogP contribution in [0.2, 0.25) is 0 Å². The molecule has 1 aliphatic heterocycles. The summed E-state index contributed by atoms with van der Waals surface area (Å²) in [6.07, 6.45) is -3.05. The number of nitrogens with one attached hydrogen (secondary N) is 1. The van der Waals surface area contributed by atoms with Crippen molar-refractivity contribution in [1.82, 2.24) is 19.2 Å². The number of amides is 1. The topological polar surface area (TPSA) is 105 Å². The van der Waals surface area contributed by atoms with E-state index in [1.54, 1.807) is 7.05 Å². The number of imidazole rings is 1. The summed E-state index contributed by atoms with van der Waals surface area (Å²) < 4.78 is 65.3. The molecule has 2 aromatic rings. The summed E-state index contributed by atoms with van der Waals surface area (Å²) in [7, 11) is -2.33. The first-order valence-electron chi connectivity index (χ1n) is 8.13. The van der Waals surface area contributed by atoms with Gasteiger partial charge in [-0.25, -0.2) is 13.4 Å². The molecule has 0 unspecified atom stereocenters. The maximum atomic E-state index is 12.6. The van der Waals surface area contributed by atoms with Gasteiger partial charge in [-0.3, -0.25) is 4.79 Å². The number of aryl methyl sites for hydroxylation is 1. The van der Waals surface area contributed by atoms with Crippen LogP contribution in [0.1, 0.15) is 15.9 Å². The second kappa shape index (κ2) is 7.18.